The number of amides is 2. The molecular weight excluding hydrogens is 328 g/mol. The normalized spacial score (nSPS) is 26.2. The fourth-order valence-corrected chi connectivity index (χ4v) is 3.48. The Morgan fingerprint density at radius 3 is 2.29 bits per heavy atom. The summed E-state index contributed by atoms with van der Waals surface area (Å²) in [6.45, 7) is 0. The van der Waals surface area contributed by atoms with Gasteiger partial charge in [0.05, 0.1) is 11.7 Å². The lowest BCUT2D eigenvalue weighted by Gasteiger charge is -2.28. The first kappa shape index (κ1) is 15.2. The van der Waals surface area contributed by atoms with E-state index in [1.54, 1.807) is 17.2 Å². The largest absolute Gasteiger partial charge is 0.283 e. The highest BCUT2D eigenvalue weighted by Gasteiger charge is 2.58. The first-order valence-electron chi connectivity index (χ1n) is 7.66. The van der Waals surface area contributed by atoms with E-state index in [4.69, 9.17) is 16.4 Å². The van der Waals surface area contributed by atoms with Gasteiger partial charge in [-0.25, -0.2) is 5.06 Å². The first-order valence-corrected chi connectivity index (χ1v) is 8.03. The zero-order chi connectivity index (χ0) is 16.8. The average Bonchev–Trinajstić information content (AvgIpc) is 3.09. The molecule has 0 N–H and O–H groups in total. The zero-order valence-electron chi connectivity index (χ0n) is 12.9. The SMILES string of the molecule is CN1C(=O)[C@@H]2[C@H](ON(c3ccc(Cl)cc3)[C@@H]2c2ccccc2)C1=O. The van der Waals surface area contributed by atoms with Crippen LogP contribution in [-0.4, -0.2) is 29.9 Å². The van der Waals surface area contributed by atoms with Gasteiger partial charge in [0.15, 0.2) is 6.10 Å². The molecule has 0 aliphatic carbocycles. The number of fused-ring (bicyclic) bond motifs is 1. The lowest BCUT2D eigenvalue weighted by molar-refractivity contribution is -0.141. The van der Waals surface area contributed by atoms with Crippen LogP contribution in [-0.2, 0) is 14.4 Å². The standard InChI is InChI=1S/C18H15ClN2O3/c1-20-17(22)14-15(11-5-3-2-4-6-11)21(24-16(14)18(20)23)13-9-7-12(19)8-10-13/h2-10,14-16H,1H3/t14-,15+,16-/m0/s1. The predicted molar refractivity (Wildman–Crippen MR) is 89.3 cm³/mol. The molecule has 0 bridgehead atoms. The van der Waals surface area contributed by atoms with Crippen LogP contribution in [0.15, 0.2) is 54.6 Å². The molecule has 0 spiro atoms. The number of rotatable bonds is 2. The van der Waals surface area contributed by atoms with Crippen LogP contribution in [0.25, 0.3) is 0 Å². The Morgan fingerprint density at radius 2 is 1.62 bits per heavy atom. The van der Waals surface area contributed by atoms with Crippen molar-refractivity contribution in [1.29, 1.82) is 0 Å². The Labute approximate surface area is 144 Å². The minimum absolute atomic E-state index is 0.213. The van der Waals surface area contributed by atoms with Crippen molar-refractivity contribution in [2.75, 3.05) is 12.1 Å². The molecule has 3 atom stereocenters. The molecule has 2 heterocycles. The van der Waals surface area contributed by atoms with E-state index in [1.807, 2.05) is 42.5 Å². The molecule has 2 aliphatic rings. The molecule has 2 aliphatic heterocycles. The number of hydroxylamine groups is 1. The van der Waals surface area contributed by atoms with Crippen LogP contribution in [0, 0.1) is 5.92 Å². The fraction of sp³-hybridized carbons (Fsp3) is 0.222. The average molecular weight is 343 g/mol. The Kier molecular flexibility index (Phi) is 3.55. The summed E-state index contributed by atoms with van der Waals surface area (Å²) in [6, 6.07) is 16.4. The number of hydrogen-bond donors (Lipinski definition) is 0. The van der Waals surface area contributed by atoms with Gasteiger partial charge in [0.2, 0.25) is 5.91 Å². The maximum absolute atomic E-state index is 12.6. The van der Waals surface area contributed by atoms with Gasteiger partial charge in [0.25, 0.3) is 5.91 Å². The fourth-order valence-electron chi connectivity index (χ4n) is 3.35. The van der Waals surface area contributed by atoms with E-state index < -0.39 is 12.0 Å². The molecule has 0 radical (unpaired) electrons. The van der Waals surface area contributed by atoms with Crippen LogP contribution >= 0.6 is 11.6 Å². The van der Waals surface area contributed by atoms with E-state index in [1.165, 1.54) is 7.05 Å². The molecule has 122 valence electrons. The summed E-state index contributed by atoms with van der Waals surface area (Å²) in [6.07, 6.45) is -0.789. The second kappa shape index (κ2) is 5.61. The highest BCUT2D eigenvalue weighted by Crippen LogP contribution is 2.46. The number of halogens is 1. The molecule has 4 rings (SSSR count). The predicted octanol–water partition coefficient (Wildman–Crippen LogP) is 2.82. The van der Waals surface area contributed by atoms with Crippen molar-refractivity contribution in [2.24, 2.45) is 5.92 Å². The van der Waals surface area contributed by atoms with Gasteiger partial charge in [-0.3, -0.25) is 19.3 Å². The topological polar surface area (TPSA) is 49.9 Å². The van der Waals surface area contributed by atoms with Crippen molar-refractivity contribution < 1.29 is 14.4 Å². The molecule has 2 saturated heterocycles. The van der Waals surface area contributed by atoms with Crippen LogP contribution in [0.1, 0.15) is 11.6 Å². The van der Waals surface area contributed by atoms with Gasteiger partial charge in [-0.05, 0) is 29.8 Å². The summed E-state index contributed by atoms with van der Waals surface area (Å²) in [5.41, 5.74) is 1.68. The molecule has 2 aromatic carbocycles. The van der Waals surface area contributed by atoms with Crippen molar-refractivity contribution in [3.8, 4) is 0 Å². The summed E-state index contributed by atoms with van der Waals surface area (Å²) in [4.78, 5) is 32.0. The number of anilines is 1. The first-order chi connectivity index (χ1) is 11.6. The minimum atomic E-state index is -0.789. The van der Waals surface area contributed by atoms with Crippen molar-refractivity contribution in [3.63, 3.8) is 0 Å². The van der Waals surface area contributed by atoms with Gasteiger partial charge in [-0.2, -0.15) is 0 Å². The van der Waals surface area contributed by atoms with Gasteiger partial charge >= 0.3 is 0 Å². The molecule has 2 aromatic rings. The molecular formula is C18H15ClN2O3. The third-order valence-electron chi connectivity index (χ3n) is 4.56. The molecule has 6 heteroatoms. The molecule has 5 nitrogen and oxygen atoms in total. The van der Waals surface area contributed by atoms with Crippen LogP contribution in [0.4, 0.5) is 5.69 Å². The molecule has 2 amide bonds. The number of hydrogen-bond acceptors (Lipinski definition) is 4. The number of nitrogens with zero attached hydrogens (tertiary/aromatic N) is 2. The van der Waals surface area contributed by atoms with E-state index in [2.05, 4.69) is 0 Å². The van der Waals surface area contributed by atoms with Gasteiger partial charge in [-0.1, -0.05) is 41.9 Å². The number of imide groups is 1. The van der Waals surface area contributed by atoms with Gasteiger partial charge in [0.1, 0.15) is 5.92 Å². The highest BCUT2D eigenvalue weighted by atomic mass is 35.5. The van der Waals surface area contributed by atoms with Gasteiger partial charge in [0, 0.05) is 12.1 Å². The van der Waals surface area contributed by atoms with Gasteiger partial charge < -0.3 is 0 Å². The van der Waals surface area contributed by atoms with Crippen molar-refractivity contribution >= 4 is 29.1 Å². The van der Waals surface area contributed by atoms with Crippen LogP contribution in [0.2, 0.25) is 5.02 Å². The van der Waals surface area contributed by atoms with E-state index in [9.17, 15) is 9.59 Å². The number of likely N-dealkylation sites (N-methyl/N-ethyl adjacent to an activating group) is 1. The number of likely N-dealkylation sites (tertiary alicyclic amines) is 1. The molecule has 0 aromatic heterocycles. The molecule has 0 unspecified atom stereocenters. The second-order valence-corrected chi connectivity index (χ2v) is 6.38. The van der Waals surface area contributed by atoms with Crippen molar-refractivity contribution in [2.45, 2.75) is 12.1 Å². The van der Waals surface area contributed by atoms with Crippen LogP contribution < -0.4 is 5.06 Å². The monoisotopic (exact) mass is 342 g/mol. The summed E-state index contributed by atoms with van der Waals surface area (Å²) in [5.74, 6) is -1.07. The second-order valence-electron chi connectivity index (χ2n) is 5.95. The maximum atomic E-state index is 12.6. The lowest BCUT2D eigenvalue weighted by atomic mass is 9.90. The third kappa shape index (κ3) is 2.20. The minimum Gasteiger partial charge on any atom is -0.283 e. The van der Waals surface area contributed by atoms with Crippen LogP contribution in [0.5, 0.6) is 0 Å². The maximum Gasteiger partial charge on any atom is 0.261 e. The van der Waals surface area contributed by atoms with Crippen LogP contribution in [0.3, 0.4) is 0 Å². The Morgan fingerprint density at radius 1 is 0.958 bits per heavy atom. The molecule has 2 fully saturated rings. The Balaban J connectivity index is 1.80. The molecule has 0 saturated carbocycles. The van der Waals surface area contributed by atoms with Gasteiger partial charge in [-0.15, -0.1) is 0 Å². The summed E-state index contributed by atoms with van der Waals surface area (Å²) in [7, 11) is 1.50. The summed E-state index contributed by atoms with van der Waals surface area (Å²) >= 11 is 5.96. The van der Waals surface area contributed by atoms with E-state index in [0.717, 1.165) is 16.2 Å². The number of benzene rings is 2. The van der Waals surface area contributed by atoms with Crippen molar-refractivity contribution in [3.05, 3.63) is 65.2 Å². The van der Waals surface area contributed by atoms with E-state index >= 15 is 0 Å². The number of carbonyl (C=O) groups is 2. The Hall–Kier alpha value is -2.37. The smallest absolute Gasteiger partial charge is 0.261 e. The quantitative estimate of drug-likeness (QED) is 0.787. The van der Waals surface area contributed by atoms with E-state index in [-0.39, 0.29) is 17.9 Å². The van der Waals surface area contributed by atoms with E-state index in [0.29, 0.717) is 5.02 Å². The lowest BCUT2D eigenvalue weighted by Crippen LogP contribution is -2.34. The summed E-state index contributed by atoms with van der Waals surface area (Å²) < 4.78 is 0. The summed E-state index contributed by atoms with van der Waals surface area (Å²) in [5, 5.41) is 2.27. The highest BCUT2D eigenvalue weighted by molar-refractivity contribution is 6.30. The molecule has 24 heavy (non-hydrogen) atoms. The van der Waals surface area contributed by atoms with Crippen molar-refractivity contribution in [1.82, 2.24) is 4.90 Å². The third-order valence-corrected chi connectivity index (χ3v) is 4.81. The zero-order valence-corrected chi connectivity index (χ0v) is 13.7. The Bertz CT molecular complexity index is 794. The number of carbonyl (C=O) groups excluding carboxylic acids is 2.